The Hall–Kier alpha value is -3.54. The average molecular weight is 428 g/mol. The van der Waals surface area contributed by atoms with Crippen molar-refractivity contribution in [1.29, 1.82) is 5.26 Å². The van der Waals surface area contributed by atoms with Crippen LogP contribution in [0.1, 0.15) is 18.5 Å². The van der Waals surface area contributed by atoms with Crippen molar-refractivity contribution in [3.05, 3.63) is 48.7 Å². The third kappa shape index (κ3) is 3.88. The summed E-state index contributed by atoms with van der Waals surface area (Å²) in [6.45, 7) is 3.55. The number of aromatic amines is 1. The van der Waals surface area contributed by atoms with Gasteiger partial charge in [-0.25, -0.2) is 9.97 Å². The minimum Gasteiger partial charge on any atom is -0.487 e. The number of hydrogen-bond acceptors (Lipinski definition) is 7. The molecule has 8 nitrogen and oxygen atoms in total. The van der Waals surface area contributed by atoms with E-state index in [9.17, 15) is 5.26 Å². The molecule has 0 amide bonds. The molecule has 0 radical (unpaired) electrons. The molecule has 4 aromatic heterocycles. The fraction of sp³-hybridized carbons (Fsp3) is 0.333. The SMILES string of the molecule is COCCN1CCC(Oc2c(C#N)ncc3[nH]c4ncc(-c5ccncc5)cc4c23)CC1. The second-order valence-corrected chi connectivity index (χ2v) is 7.97. The summed E-state index contributed by atoms with van der Waals surface area (Å²) in [4.78, 5) is 18.8. The van der Waals surface area contributed by atoms with Gasteiger partial charge in [0.25, 0.3) is 0 Å². The molecule has 0 spiro atoms. The van der Waals surface area contributed by atoms with Crippen LogP contribution < -0.4 is 4.74 Å². The van der Waals surface area contributed by atoms with Gasteiger partial charge < -0.3 is 19.4 Å². The van der Waals surface area contributed by atoms with E-state index in [1.165, 1.54) is 0 Å². The number of H-pyrrole nitrogens is 1. The van der Waals surface area contributed by atoms with Crippen molar-refractivity contribution in [2.75, 3.05) is 33.4 Å². The topological polar surface area (TPSA) is 100.0 Å². The quantitative estimate of drug-likeness (QED) is 0.501. The Labute approximate surface area is 185 Å². The molecular weight excluding hydrogens is 404 g/mol. The van der Waals surface area contributed by atoms with Crippen LogP contribution in [0.2, 0.25) is 0 Å². The third-order valence-corrected chi connectivity index (χ3v) is 5.99. The highest BCUT2D eigenvalue weighted by Crippen LogP contribution is 2.37. The standard InChI is InChI=1S/C24H24N6O2/c1-31-11-10-30-8-4-18(5-9-30)32-23-20(13-25)27-15-21-22(23)19-12-17(14-28-24(19)29-21)16-2-6-26-7-3-16/h2-3,6-7,12,14-15,18H,4-5,8-11H2,1H3,(H,28,29). The lowest BCUT2D eigenvalue weighted by Gasteiger charge is -2.32. The third-order valence-electron chi connectivity index (χ3n) is 5.99. The summed E-state index contributed by atoms with van der Waals surface area (Å²) in [5.74, 6) is 0.542. The molecule has 5 rings (SSSR count). The van der Waals surface area contributed by atoms with Gasteiger partial charge in [0.15, 0.2) is 11.4 Å². The van der Waals surface area contributed by atoms with E-state index >= 15 is 0 Å². The van der Waals surface area contributed by atoms with Crippen molar-refractivity contribution in [2.45, 2.75) is 18.9 Å². The molecule has 0 aliphatic carbocycles. The van der Waals surface area contributed by atoms with Gasteiger partial charge in [-0.1, -0.05) is 0 Å². The number of likely N-dealkylation sites (tertiary alicyclic amines) is 1. The van der Waals surface area contributed by atoms with Crippen molar-refractivity contribution in [3.63, 3.8) is 0 Å². The van der Waals surface area contributed by atoms with Crippen molar-refractivity contribution < 1.29 is 9.47 Å². The van der Waals surface area contributed by atoms with Crippen LogP contribution in [0.4, 0.5) is 0 Å². The summed E-state index contributed by atoms with van der Waals surface area (Å²) >= 11 is 0. The zero-order chi connectivity index (χ0) is 21.9. The largest absolute Gasteiger partial charge is 0.487 e. The molecule has 5 heterocycles. The van der Waals surface area contributed by atoms with Gasteiger partial charge in [-0.15, -0.1) is 0 Å². The van der Waals surface area contributed by atoms with Crippen molar-refractivity contribution in [2.24, 2.45) is 0 Å². The fourth-order valence-corrected chi connectivity index (χ4v) is 4.27. The number of pyridine rings is 3. The summed E-state index contributed by atoms with van der Waals surface area (Å²) in [6.07, 6.45) is 8.88. The van der Waals surface area contributed by atoms with E-state index in [-0.39, 0.29) is 6.10 Å². The number of aromatic nitrogens is 4. The van der Waals surface area contributed by atoms with Gasteiger partial charge in [-0.05, 0) is 36.6 Å². The van der Waals surface area contributed by atoms with Crippen LogP contribution in [0.3, 0.4) is 0 Å². The van der Waals surface area contributed by atoms with E-state index < -0.39 is 0 Å². The molecule has 0 aromatic carbocycles. The highest BCUT2D eigenvalue weighted by molar-refractivity contribution is 6.10. The van der Waals surface area contributed by atoms with E-state index in [4.69, 9.17) is 9.47 Å². The Balaban J connectivity index is 1.52. The summed E-state index contributed by atoms with van der Waals surface area (Å²) in [7, 11) is 1.73. The molecule has 0 unspecified atom stereocenters. The molecule has 1 aliphatic rings. The Bertz CT molecular complexity index is 1270. The number of piperidine rings is 1. The predicted molar refractivity (Wildman–Crippen MR) is 121 cm³/mol. The minimum atomic E-state index is 0.0367. The van der Waals surface area contributed by atoms with E-state index in [0.29, 0.717) is 11.4 Å². The van der Waals surface area contributed by atoms with Gasteiger partial charge in [0, 0.05) is 56.3 Å². The molecule has 1 fully saturated rings. The number of nitriles is 1. The number of methoxy groups -OCH3 is 1. The van der Waals surface area contributed by atoms with Gasteiger partial charge in [0.1, 0.15) is 17.8 Å². The van der Waals surface area contributed by atoms with Crippen LogP contribution in [0.25, 0.3) is 33.1 Å². The Morgan fingerprint density at radius 2 is 1.97 bits per heavy atom. The first-order valence-corrected chi connectivity index (χ1v) is 10.8. The summed E-state index contributed by atoms with van der Waals surface area (Å²) in [5.41, 5.74) is 3.87. The van der Waals surface area contributed by atoms with Crippen molar-refractivity contribution in [3.8, 4) is 22.9 Å². The minimum absolute atomic E-state index is 0.0367. The van der Waals surface area contributed by atoms with Gasteiger partial charge in [0.05, 0.1) is 23.7 Å². The van der Waals surface area contributed by atoms with E-state index in [1.54, 1.807) is 25.7 Å². The van der Waals surface area contributed by atoms with Crippen LogP contribution >= 0.6 is 0 Å². The second kappa shape index (κ2) is 8.91. The van der Waals surface area contributed by atoms with Gasteiger partial charge >= 0.3 is 0 Å². The summed E-state index contributed by atoms with van der Waals surface area (Å²) < 4.78 is 11.6. The van der Waals surface area contributed by atoms with Crippen molar-refractivity contribution >= 4 is 21.9 Å². The fourth-order valence-electron chi connectivity index (χ4n) is 4.27. The molecule has 162 valence electrons. The van der Waals surface area contributed by atoms with E-state index in [1.807, 2.05) is 18.3 Å². The highest BCUT2D eigenvalue weighted by Gasteiger charge is 2.24. The van der Waals surface area contributed by atoms with E-state index in [2.05, 4.69) is 37.0 Å². The number of ether oxygens (including phenoxy) is 2. The van der Waals surface area contributed by atoms with Gasteiger partial charge in [-0.3, -0.25) is 4.98 Å². The van der Waals surface area contributed by atoms with Gasteiger partial charge in [-0.2, -0.15) is 5.26 Å². The number of nitrogens with zero attached hydrogens (tertiary/aromatic N) is 5. The van der Waals surface area contributed by atoms with Crippen LogP contribution in [0.5, 0.6) is 5.75 Å². The number of rotatable bonds is 6. The van der Waals surface area contributed by atoms with Crippen LogP contribution in [0, 0.1) is 11.3 Å². The van der Waals surface area contributed by atoms with Crippen LogP contribution in [0.15, 0.2) is 43.0 Å². The second-order valence-electron chi connectivity index (χ2n) is 7.97. The maximum Gasteiger partial charge on any atom is 0.183 e. The first-order valence-electron chi connectivity index (χ1n) is 10.8. The molecule has 0 saturated carbocycles. The monoisotopic (exact) mass is 428 g/mol. The smallest absolute Gasteiger partial charge is 0.183 e. The van der Waals surface area contributed by atoms with Crippen molar-refractivity contribution in [1.82, 2.24) is 24.8 Å². The zero-order valence-electron chi connectivity index (χ0n) is 17.9. The Morgan fingerprint density at radius 1 is 1.16 bits per heavy atom. The molecule has 32 heavy (non-hydrogen) atoms. The number of hydrogen-bond donors (Lipinski definition) is 1. The molecule has 8 heteroatoms. The number of nitrogens with one attached hydrogen (secondary N) is 1. The average Bonchev–Trinajstić information content (AvgIpc) is 3.22. The molecule has 4 aromatic rings. The molecule has 1 aliphatic heterocycles. The molecule has 1 saturated heterocycles. The first-order chi connectivity index (χ1) is 15.8. The summed E-state index contributed by atoms with van der Waals surface area (Å²) in [6, 6.07) is 8.20. The lowest BCUT2D eigenvalue weighted by atomic mass is 10.1. The van der Waals surface area contributed by atoms with Crippen LogP contribution in [-0.2, 0) is 4.74 Å². The van der Waals surface area contributed by atoms with E-state index in [0.717, 1.165) is 72.1 Å². The first kappa shape index (κ1) is 20.4. The number of fused-ring (bicyclic) bond motifs is 3. The maximum atomic E-state index is 9.74. The Kier molecular flexibility index (Phi) is 5.67. The molecular formula is C24H24N6O2. The maximum absolute atomic E-state index is 9.74. The predicted octanol–water partition coefficient (Wildman–Crippen LogP) is 3.53. The lowest BCUT2D eigenvalue weighted by molar-refractivity contribution is 0.0802. The summed E-state index contributed by atoms with van der Waals surface area (Å²) in [5, 5.41) is 11.5. The normalized spacial score (nSPS) is 15.2. The molecule has 0 atom stereocenters. The molecule has 0 bridgehead atoms. The molecule has 1 N–H and O–H groups in total. The van der Waals surface area contributed by atoms with Crippen LogP contribution in [-0.4, -0.2) is 64.3 Å². The van der Waals surface area contributed by atoms with Gasteiger partial charge in [0.2, 0.25) is 0 Å². The Morgan fingerprint density at radius 3 is 2.72 bits per heavy atom. The zero-order valence-corrected chi connectivity index (χ0v) is 17.9. The highest BCUT2D eigenvalue weighted by atomic mass is 16.5. The lowest BCUT2D eigenvalue weighted by Crippen LogP contribution is -2.39.